The van der Waals surface area contributed by atoms with E-state index in [9.17, 15) is 9.18 Å². The molecule has 3 heteroatoms. The Morgan fingerprint density at radius 2 is 1.89 bits per heavy atom. The Balaban J connectivity index is 2.55. The van der Waals surface area contributed by atoms with Crippen LogP contribution in [0.25, 0.3) is 0 Å². The second-order valence-electron chi connectivity index (χ2n) is 5.21. The van der Waals surface area contributed by atoms with Crippen LogP contribution in [-0.2, 0) is 11.2 Å². The van der Waals surface area contributed by atoms with Crippen molar-refractivity contribution >= 4 is 5.78 Å². The van der Waals surface area contributed by atoms with Crippen LogP contribution >= 0.6 is 0 Å². The van der Waals surface area contributed by atoms with E-state index >= 15 is 0 Å². The van der Waals surface area contributed by atoms with Crippen LogP contribution in [0.3, 0.4) is 0 Å². The third kappa shape index (κ3) is 4.22. The molecule has 0 aliphatic rings. The van der Waals surface area contributed by atoms with Crippen molar-refractivity contribution in [2.45, 2.75) is 33.2 Å². The van der Waals surface area contributed by atoms with Gasteiger partial charge in [-0.05, 0) is 31.5 Å². The molecule has 0 aliphatic carbocycles. The molecule has 0 saturated carbocycles. The molecule has 0 spiro atoms. The standard InChI is InChI=1S/C15H22FNO/c1-11(2)12(3)17(4)10-14(18)9-13-7-5-6-8-15(13)16/h5-8,11-12H,9-10H2,1-4H3. The first-order chi connectivity index (χ1) is 8.41. The molecule has 18 heavy (non-hydrogen) atoms. The summed E-state index contributed by atoms with van der Waals surface area (Å²) >= 11 is 0. The minimum atomic E-state index is -0.301. The number of Topliss-reactive ketones (excluding diaryl/α,β-unsaturated/α-hetero) is 1. The lowest BCUT2D eigenvalue weighted by Gasteiger charge is -2.27. The van der Waals surface area contributed by atoms with Crippen LogP contribution in [0.2, 0.25) is 0 Å². The smallest absolute Gasteiger partial charge is 0.151 e. The van der Waals surface area contributed by atoms with Gasteiger partial charge in [0.1, 0.15) is 5.82 Å². The third-order valence-electron chi connectivity index (χ3n) is 3.43. The van der Waals surface area contributed by atoms with E-state index < -0.39 is 0 Å². The van der Waals surface area contributed by atoms with Gasteiger partial charge in [-0.15, -0.1) is 0 Å². The van der Waals surface area contributed by atoms with Crippen LogP contribution in [-0.4, -0.2) is 30.3 Å². The van der Waals surface area contributed by atoms with Crippen molar-refractivity contribution in [2.24, 2.45) is 5.92 Å². The Kier molecular flexibility index (Phi) is 5.48. The number of carbonyl (C=O) groups excluding carboxylic acids is 1. The van der Waals surface area contributed by atoms with Gasteiger partial charge >= 0.3 is 0 Å². The van der Waals surface area contributed by atoms with Crippen LogP contribution < -0.4 is 0 Å². The number of benzene rings is 1. The zero-order valence-corrected chi connectivity index (χ0v) is 11.6. The number of halogens is 1. The van der Waals surface area contributed by atoms with Crippen molar-refractivity contribution in [1.82, 2.24) is 4.90 Å². The summed E-state index contributed by atoms with van der Waals surface area (Å²) < 4.78 is 13.4. The highest BCUT2D eigenvalue weighted by Gasteiger charge is 2.16. The van der Waals surface area contributed by atoms with Crippen LogP contribution in [0.15, 0.2) is 24.3 Å². The second-order valence-corrected chi connectivity index (χ2v) is 5.21. The van der Waals surface area contributed by atoms with E-state index in [0.29, 0.717) is 24.1 Å². The average molecular weight is 251 g/mol. The zero-order chi connectivity index (χ0) is 13.7. The minimum Gasteiger partial charge on any atom is -0.298 e. The highest BCUT2D eigenvalue weighted by Crippen LogP contribution is 2.10. The number of likely N-dealkylation sites (N-methyl/N-ethyl adjacent to an activating group) is 1. The predicted octanol–water partition coefficient (Wildman–Crippen LogP) is 2.91. The van der Waals surface area contributed by atoms with E-state index in [1.54, 1.807) is 18.2 Å². The Hall–Kier alpha value is -1.22. The van der Waals surface area contributed by atoms with Crippen molar-refractivity contribution in [3.05, 3.63) is 35.6 Å². The molecule has 0 saturated heterocycles. The molecular weight excluding hydrogens is 229 g/mol. The SMILES string of the molecule is CC(C)C(C)N(C)CC(=O)Cc1ccccc1F. The molecule has 0 radical (unpaired) electrons. The molecule has 0 fully saturated rings. The zero-order valence-electron chi connectivity index (χ0n) is 11.6. The Bertz CT molecular complexity index is 403. The first kappa shape index (κ1) is 14.8. The maximum atomic E-state index is 13.4. The quantitative estimate of drug-likeness (QED) is 0.775. The lowest BCUT2D eigenvalue weighted by molar-refractivity contribution is -0.119. The topological polar surface area (TPSA) is 20.3 Å². The third-order valence-corrected chi connectivity index (χ3v) is 3.43. The van der Waals surface area contributed by atoms with Gasteiger partial charge in [0.25, 0.3) is 0 Å². The fourth-order valence-corrected chi connectivity index (χ4v) is 1.84. The van der Waals surface area contributed by atoms with Crippen molar-refractivity contribution in [2.75, 3.05) is 13.6 Å². The van der Waals surface area contributed by atoms with Gasteiger partial charge in [-0.25, -0.2) is 4.39 Å². The molecular formula is C15H22FNO. The fraction of sp³-hybridized carbons (Fsp3) is 0.533. The van der Waals surface area contributed by atoms with E-state index in [-0.39, 0.29) is 18.0 Å². The van der Waals surface area contributed by atoms with Crippen LogP contribution in [0.1, 0.15) is 26.3 Å². The minimum absolute atomic E-state index is 0.0510. The average Bonchev–Trinajstić information content (AvgIpc) is 2.30. The maximum absolute atomic E-state index is 13.4. The summed E-state index contributed by atoms with van der Waals surface area (Å²) in [5, 5.41) is 0. The van der Waals surface area contributed by atoms with Gasteiger partial charge in [0.05, 0.1) is 6.54 Å². The van der Waals surface area contributed by atoms with Crippen LogP contribution in [0.5, 0.6) is 0 Å². The van der Waals surface area contributed by atoms with Crippen LogP contribution in [0.4, 0.5) is 4.39 Å². The van der Waals surface area contributed by atoms with Crippen LogP contribution in [0, 0.1) is 11.7 Å². The van der Waals surface area contributed by atoms with Gasteiger partial charge < -0.3 is 0 Å². The van der Waals surface area contributed by atoms with E-state index in [0.717, 1.165) is 0 Å². The van der Waals surface area contributed by atoms with Gasteiger partial charge in [-0.1, -0.05) is 32.0 Å². The second kappa shape index (κ2) is 6.64. The number of nitrogens with zero attached hydrogens (tertiary/aromatic N) is 1. The molecule has 0 heterocycles. The maximum Gasteiger partial charge on any atom is 0.151 e. The van der Waals surface area contributed by atoms with E-state index in [4.69, 9.17) is 0 Å². The van der Waals surface area contributed by atoms with E-state index in [2.05, 4.69) is 20.8 Å². The summed E-state index contributed by atoms with van der Waals surface area (Å²) in [4.78, 5) is 13.9. The fourth-order valence-electron chi connectivity index (χ4n) is 1.84. The molecule has 1 aromatic carbocycles. The summed E-state index contributed by atoms with van der Waals surface area (Å²) in [6.45, 7) is 6.72. The number of rotatable bonds is 6. The van der Waals surface area contributed by atoms with Crippen molar-refractivity contribution in [1.29, 1.82) is 0 Å². The first-order valence-electron chi connectivity index (χ1n) is 6.37. The largest absolute Gasteiger partial charge is 0.298 e. The molecule has 1 aromatic rings. The van der Waals surface area contributed by atoms with Gasteiger partial charge in [0, 0.05) is 12.5 Å². The predicted molar refractivity (Wildman–Crippen MR) is 72.0 cm³/mol. The first-order valence-corrected chi connectivity index (χ1v) is 6.37. The Labute approximate surface area is 109 Å². The summed E-state index contributed by atoms with van der Waals surface area (Å²) in [6.07, 6.45) is 0.168. The molecule has 0 aliphatic heterocycles. The molecule has 100 valence electrons. The van der Waals surface area contributed by atoms with Gasteiger partial charge in [-0.3, -0.25) is 9.69 Å². The summed E-state index contributed by atoms with van der Waals surface area (Å²) in [7, 11) is 1.93. The number of ketones is 1. The van der Waals surface area contributed by atoms with E-state index in [1.807, 2.05) is 11.9 Å². The number of hydrogen-bond acceptors (Lipinski definition) is 2. The molecule has 2 nitrogen and oxygen atoms in total. The molecule has 0 aromatic heterocycles. The Morgan fingerprint density at radius 3 is 2.44 bits per heavy atom. The van der Waals surface area contributed by atoms with Crippen molar-refractivity contribution in [3.8, 4) is 0 Å². The van der Waals surface area contributed by atoms with Crippen molar-refractivity contribution < 1.29 is 9.18 Å². The molecule has 1 rings (SSSR count). The lowest BCUT2D eigenvalue weighted by atomic mass is 10.0. The molecule has 0 amide bonds. The number of hydrogen-bond donors (Lipinski definition) is 0. The van der Waals surface area contributed by atoms with Gasteiger partial charge in [0.15, 0.2) is 5.78 Å². The highest BCUT2D eigenvalue weighted by atomic mass is 19.1. The van der Waals surface area contributed by atoms with Gasteiger partial charge in [-0.2, -0.15) is 0 Å². The van der Waals surface area contributed by atoms with Crippen molar-refractivity contribution in [3.63, 3.8) is 0 Å². The molecule has 1 unspecified atom stereocenters. The van der Waals surface area contributed by atoms with E-state index in [1.165, 1.54) is 6.07 Å². The van der Waals surface area contributed by atoms with Gasteiger partial charge in [0.2, 0.25) is 0 Å². The summed E-state index contributed by atoms with van der Waals surface area (Å²) in [6, 6.07) is 6.79. The lowest BCUT2D eigenvalue weighted by Crippen LogP contribution is -2.37. The normalized spacial score (nSPS) is 13.1. The Morgan fingerprint density at radius 1 is 1.28 bits per heavy atom. The monoisotopic (exact) mass is 251 g/mol. The highest BCUT2D eigenvalue weighted by molar-refractivity contribution is 5.82. The molecule has 1 atom stereocenters. The summed E-state index contributed by atoms with van der Waals surface area (Å²) in [5.74, 6) is 0.247. The summed E-state index contributed by atoms with van der Waals surface area (Å²) in [5.41, 5.74) is 0.480. The number of carbonyl (C=O) groups is 1. The molecule has 0 bridgehead atoms. The molecule has 0 N–H and O–H groups in total.